The molecule has 7 heteroatoms. The van der Waals surface area contributed by atoms with Gasteiger partial charge in [0.1, 0.15) is 0 Å². The fourth-order valence-electron chi connectivity index (χ4n) is 2.58. The number of aliphatic carboxylic acids is 1. The predicted molar refractivity (Wildman–Crippen MR) is 77.0 cm³/mol. The highest BCUT2D eigenvalue weighted by Crippen LogP contribution is 2.16. The Labute approximate surface area is 123 Å². The highest BCUT2D eigenvalue weighted by molar-refractivity contribution is 5.76. The van der Waals surface area contributed by atoms with Gasteiger partial charge in [-0.2, -0.15) is 5.10 Å². The summed E-state index contributed by atoms with van der Waals surface area (Å²) in [7, 11) is 0. The largest absolute Gasteiger partial charge is 0.481 e. The zero-order valence-electron chi connectivity index (χ0n) is 12.3. The Morgan fingerprint density at radius 1 is 1.57 bits per heavy atom. The van der Waals surface area contributed by atoms with E-state index in [2.05, 4.69) is 15.5 Å². The number of amides is 2. The molecule has 1 atom stereocenters. The molecule has 2 rings (SSSR count). The lowest BCUT2D eigenvalue weighted by Crippen LogP contribution is -2.47. The molecule has 2 heterocycles. The third-order valence-electron chi connectivity index (χ3n) is 3.89. The number of carbonyl (C=O) groups is 2. The van der Waals surface area contributed by atoms with E-state index in [4.69, 9.17) is 5.11 Å². The number of aryl methyl sites for hydroxylation is 2. The van der Waals surface area contributed by atoms with Crippen molar-refractivity contribution in [2.45, 2.75) is 32.6 Å². The Balaban J connectivity index is 1.69. The van der Waals surface area contributed by atoms with Gasteiger partial charge in [-0.15, -0.1) is 0 Å². The Kier molecular flexibility index (Phi) is 5.19. The van der Waals surface area contributed by atoms with Crippen LogP contribution in [0.3, 0.4) is 0 Å². The molecule has 3 N–H and O–H groups in total. The van der Waals surface area contributed by atoms with Gasteiger partial charge in [0, 0.05) is 25.3 Å². The molecular weight excluding hydrogens is 272 g/mol. The molecule has 0 radical (unpaired) electrons. The SMILES string of the molecule is Cc1[nH]ncc1CCCNC(=O)N1CCC[C@H](C(=O)O)C1. The summed E-state index contributed by atoms with van der Waals surface area (Å²) in [6.45, 7) is 3.50. The van der Waals surface area contributed by atoms with Gasteiger partial charge in [0.15, 0.2) is 0 Å². The zero-order chi connectivity index (χ0) is 15.2. The molecule has 0 spiro atoms. The van der Waals surface area contributed by atoms with Crippen LogP contribution in [-0.4, -0.2) is 51.8 Å². The molecule has 1 saturated heterocycles. The summed E-state index contributed by atoms with van der Waals surface area (Å²) in [5.41, 5.74) is 2.22. The van der Waals surface area contributed by atoms with E-state index < -0.39 is 11.9 Å². The third-order valence-corrected chi connectivity index (χ3v) is 3.89. The number of H-pyrrole nitrogens is 1. The molecule has 1 aliphatic rings. The van der Waals surface area contributed by atoms with Crippen LogP contribution in [0.2, 0.25) is 0 Å². The zero-order valence-corrected chi connectivity index (χ0v) is 12.3. The lowest BCUT2D eigenvalue weighted by Gasteiger charge is -2.30. The van der Waals surface area contributed by atoms with Gasteiger partial charge in [-0.1, -0.05) is 0 Å². The molecule has 0 aromatic carbocycles. The molecule has 1 aliphatic heterocycles. The van der Waals surface area contributed by atoms with Crippen LogP contribution in [0, 0.1) is 12.8 Å². The first-order chi connectivity index (χ1) is 10.1. The maximum Gasteiger partial charge on any atom is 0.317 e. The van der Waals surface area contributed by atoms with Crippen molar-refractivity contribution in [3.05, 3.63) is 17.5 Å². The standard InChI is InChI=1S/C14H22N4O3/c1-10-11(8-16-17-10)4-2-6-15-14(21)18-7-3-5-12(9-18)13(19)20/h8,12H,2-7,9H2,1H3,(H,15,21)(H,16,17)(H,19,20)/t12-/m0/s1. The molecule has 0 aliphatic carbocycles. The van der Waals surface area contributed by atoms with Crippen LogP contribution >= 0.6 is 0 Å². The molecule has 21 heavy (non-hydrogen) atoms. The van der Waals surface area contributed by atoms with Gasteiger partial charge in [-0.05, 0) is 38.2 Å². The molecule has 116 valence electrons. The average molecular weight is 294 g/mol. The van der Waals surface area contributed by atoms with Crippen LogP contribution in [0.5, 0.6) is 0 Å². The van der Waals surface area contributed by atoms with Crippen molar-refractivity contribution >= 4 is 12.0 Å². The summed E-state index contributed by atoms with van der Waals surface area (Å²) in [6.07, 6.45) is 4.90. The summed E-state index contributed by atoms with van der Waals surface area (Å²) in [6, 6.07) is -0.162. The molecule has 7 nitrogen and oxygen atoms in total. The highest BCUT2D eigenvalue weighted by Gasteiger charge is 2.27. The molecular formula is C14H22N4O3. The number of nitrogens with zero attached hydrogens (tertiary/aromatic N) is 2. The fraction of sp³-hybridized carbons (Fsp3) is 0.643. The van der Waals surface area contributed by atoms with Crippen molar-refractivity contribution in [3.63, 3.8) is 0 Å². The number of carboxylic acid groups (broad SMARTS) is 1. The van der Waals surface area contributed by atoms with Crippen molar-refractivity contribution in [1.82, 2.24) is 20.4 Å². The summed E-state index contributed by atoms with van der Waals surface area (Å²) < 4.78 is 0. The topological polar surface area (TPSA) is 98.3 Å². The van der Waals surface area contributed by atoms with Crippen LogP contribution in [0.15, 0.2) is 6.20 Å². The van der Waals surface area contributed by atoms with Crippen LogP contribution in [0.4, 0.5) is 4.79 Å². The minimum Gasteiger partial charge on any atom is -0.481 e. The lowest BCUT2D eigenvalue weighted by atomic mass is 9.99. The van der Waals surface area contributed by atoms with Gasteiger partial charge in [-0.3, -0.25) is 9.89 Å². The molecule has 1 fully saturated rings. The number of carboxylic acids is 1. The summed E-state index contributed by atoms with van der Waals surface area (Å²) in [5.74, 6) is -1.25. The maximum atomic E-state index is 12.0. The summed E-state index contributed by atoms with van der Waals surface area (Å²) in [4.78, 5) is 24.6. The average Bonchev–Trinajstić information content (AvgIpc) is 2.89. The third kappa shape index (κ3) is 4.21. The fourth-order valence-corrected chi connectivity index (χ4v) is 2.58. The van der Waals surface area contributed by atoms with E-state index >= 15 is 0 Å². The molecule has 0 unspecified atom stereocenters. The number of piperidine rings is 1. The second-order valence-corrected chi connectivity index (χ2v) is 5.48. The van der Waals surface area contributed by atoms with Gasteiger partial charge in [0.2, 0.25) is 0 Å². The number of urea groups is 1. The van der Waals surface area contributed by atoms with E-state index in [-0.39, 0.29) is 6.03 Å². The molecule has 2 amide bonds. The quantitative estimate of drug-likeness (QED) is 0.710. The van der Waals surface area contributed by atoms with Crippen molar-refractivity contribution in [2.24, 2.45) is 5.92 Å². The van der Waals surface area contributed by atoms with Crippen molar-refractivity contribution in [1.29, 1.82) is 0 Å². The van der Waals surface area contributed by atoms with E-state index in [1.165, 1.54) is 0 Å². The second kappa shape index (κ2) is 7.10. The Hall–Kier alpha value is -2.05. The van der Waals surface area contributed by atoms with E-state index in [1.807, 2.05) is 6.92 Å². The van der Waals surface area contributed by atoms with E-state index in [0.717, 1.165) is 30.5 Å². The Morgan fingerprint density at radius 3 is 3.05 bits per heavy atom. The van der Waals surface area contributed by atoms with Crippen LogP contribution in [0.25, 0.3) is 0 Å². The molecule has 1 aromatic heterocycles. The first kappa shape index (κ1) is 15.3. The van der Waals surface area contributed by atoms with E-state index in [0.29, 0.717) is 26.1 Å². The number of likely N-dealkylation sites (tertiary alicyclic amines) is 1. The number of hydrogen-bond acceptors (Lipinski definition) is 3. The Morgan fingerprint density at radius 2 is 2.38 bits per heavy atom. The van der Waals surface area contributed by atoms with Crippen molar-refractivity contribution in [2.75, 3.05) is 19.6 Å². The highest BCUT2D eigenvalue weighted by atomic mass is 16.4. The van der Waals surface area contributed by atoms with Crippen LogP contribution in [0.1, 0.15) is 30.5 Å². The van der Waals surface area contributed by atoms with Gasteiger partial charge in [-0.25, -0.2) is 4.79 Å². The molecule has 0 saturated carbocycles. The normalized spacial score (nSPS) is 18.5. The lowest BCUT2D eigenvalue weighted by molar-refractivity contribution is -0.143. The number of aromatic amines is 1. The molecule has 1 aromatic rings. The first-order valence-corrected chi connectivity index (χ1v) is 7.32. The monoisotopic (exact) mass is 294 g/mol. The van der Waals surface area contributed by atoms with Crippen LogP contribution < -0.4 is 5.32 Å². The van der Waals surface area contributed by atoms with Crippen molar-refractivity contribution < 1.29 is 14.7 Å². The maximum absolute atomic E-state index is 12.0. The smallest absolute Gasteiger partial charge is 0.317 e. The second-order valence-electron chi connectivity index (χ2n) is 5.48. The van der Waals surface area contributed by atoms with Gasteiger partial charge < -0.3 is 15.3 Å². The minimum absolute atomic E-state index is 0.162. The van der Waals surface area contributed by atoms with E-state index in [9.17, 15) is 9.59 Å². The van der Waals surface area contributed by atoms with Crippen molar-refractivity contribution in [3.8, 4) is 0 Å². The first-order valence-electron chi connectivity index (χ1n) is 7.32. The Bertz CT molecular complexity index is 500. The summed E-state index contributed by atoms with van der Waals surface area (Å²) >= 11 is 0. The minimum atomic E-state index is -0.817. The predicted octanol–water partition coefficient (Wildman–Crippen LogP) is 1.16. The van der Waals surface area contributed by atoms with Crippen LogP contribution in [-0.2, 0) is 11.2 Å². The molecule has 0 bridgehead atoms. The van der Waals surface area contributed by atoms with Gasteiger partial charge >= 0.3 is 12.0 Å². The number of hydrogen-bond donors (Lipinski definition) is 3. The number of rotatable bonds is 5. The van der Waals surface area contributed by atoms with Gasteiger partial charge in [0.25, 0.3) is 0 Å². The van der Waals surface area contributed by atoms with E-state index in [1.54, 1.807) is 11.1 Å². The summed E-state index contributed by atoms with van der Waals surface area (Å²) in [5, 5.41) is 18.7. The number of carbonyl (C=O) groups excluding carboxylic acids is 1. The number of aromatic nitrogens is 2. The van der Waals surface area contributed by atoms with Gasteiger partial charge in [0.05, 0.1) is 12.1 Å². The number of nitrogens with one attached hydrogen (secondary N) is 2.